The number of hydrogen-bond donors (Lipinski definition) is 3. The van der Waals surface area contributed by atoms with Crippen LogP contribution in [0.15, 0.2) is 0 Å². The predicted molar refractivity (Wildman–Crippen MR) is 57.7 cm³/mol. The first-order valence-corrected chi connectivity index (χ1v) is 6.29. The maximum Gasteiger partial charge on any atom is 0.277 e. The average molecular weight is 240 g/mol. The van der Waals surface area contributed by atoms with Crippen molar-refractivity contribution in [2.24, 2.45) is 0 Å². The van der Waals surface area contributed by atoms with Gasteiger partial charge in [-0.15, -0.1) is 0 Å². The Bertz CT molecular complexity index is 253. The highest BCUT2D eigenvalue weighted by Crippen LogP contribution is 1.91. The van der Waals surface area contributed by atoms with E-state index in [1.807, 2.05) is 0 Å². The molecule has 1 atom stereocenters. The largest absolute Gasteiger partial charge is 0.391 e. The van der Waals surface area contributed by atoms with Crippen LogP contribution in [0.3, 0.4) is 0 Å². The van der Waals surface area contributed by atoms with Gasteiger partial charge < -0.3 is 9.84 Å². The molecule has 0 aliphatic rings. The zero-order valence-electron chi connectivity index (χ0n) is 9.36. The molecule has 0 fully saturated rings. The molecule has 0 amide bonds. The van der Waals surface area contributed by atoms with Gasteiger partial charge in [0, 0.05) is 19.7 Å². The van der Waals surface area contributed by atoms with Crippen LogP contribution in [0.1, 0.15) is 20.3 Å². The Balaban J connectivity index is 3.75. The molecule has 0 bridgehead atoms. The normalized spacial score (nSPS) is 14.5. The van der Waals surface area contributed by atoms with Crippen LogP contribution in [-0.2, 0) is 14.9 Å². The summed E-state index contributed by atoms with van der Waals surface area (Å²) in [6.07, 6.45) is -0.316. The van der Waals surface area contributed by atoms with Crippen LogP contribution in [-0.4, -0.2) is 45.9 Å². The van der Waals surface area contributed by atoms with Crippen LogP contribution in [0.4, 0.5) is 0 Å². The molecule has 0 heterocycles. The Morgan fingerprint density at radius 1 is 1.40 bits per heavy atom. The zero-order chi connectivity index (χ0) is 11.9. The van der Waals surface area contributed by atoms with Gasteiger partial charge in [0.15, 0.2) is 0 Å². The van der Waals surface area contributed by atoms with Gasteiger partial charge in [-0.05, 0) is 20.3 Å². The zero-order valence-corrected chi connectivity index (χ0v) is 10.2. The summed E-state index contributed by atoms with van der Waals surface area (Å²) in [6.45, 7) is 3.86. The van der Waals surface area contributed by atoms with Crippen LogP contribution < -0.4 is 9.44 Å². The molecule has 0 aromatic carbocycles. The molecule has 0 spiro atoms. The maximum absolute atomic E-state index is 11.2. The Labute approximate surface area is 91.2 Å². The standard InChI is InChI=1S/C8H20N2O4S/c1-7(2)10-15(12,13)9-5-4-8(11)6-14-3/h7-11H,4-6H2,1-3H3. The van der Waals surface area contributed by atoms with Crippen molar-refractivity contribution in [3.63, 3.8) is 0 Å². The summed E-state index contributed by atoms with van der Waals surface area (Å²) in [5.74, 6) is 0. The minimum absolute atomic E-state index is 0.147. The lowest BCUT2D eigenvalue weighted by Gasteiger charge is -2.12. The molecule has 0 aromatic heterocycles. The number of ether oxygens (including phenoxy) is 1. The summed E-state index contributed by atoms with van der Waals surface area (Å²) in [7, 11) is -1.96. The number of aliphatic hydroxyl groups excluding tert-OH is 1. The lowest BCUT2D eigenvalue weighted by Crippen LogP contribution is -2.41. The second-order valence-corrected chi connectivity index (χ2v) is 5.10. The summed E-state index contributed by atoms with van der Waals surface area (Å²) in [5.41, 5.74) is 0. The molecule has 0 saturated carbocycles. The second kappa shape index (κ2) is 7.13. The number of aliphatic hydroxyl groups is 1. The molecular weight excluding hydrogens is 220 g/mol. The van der Waals surface area contributed by atoms with Crippen LogP contribution in [0.25, 0.3) is 0 Å². The van der Waals surface area contributed by atoms with E-state index in [1.54, 1.807) is 13.8 Å². The number of hydrogen-bond acceptors (Lipinski definition) is 4. The van der Waals surface area contributed by atoms with Crippen molar-refractivity contribution < 1.29 is 18.3 Å². The van der Waals surface area contributed by atoms with E-state index in [1.165, 1.54) is 7.11 Å². The Morgan fingerprint density at radius 2 is 2.00 bits per heavy atom. The molecule has 15 heavy (non-hydrogen) atoms. The van der Waals surface area contributed by atoms with E-state index >= 15 is 0 Å². The molecule has 6 nitrogen and oxygen atoms in total. The molecule has 3 N–H and O–H groups in total. The molecular formula is C8H20N2O4S. The third-order valence-electron chi connectivity index (χ3n) is 1.52. The van der Waals surface area contributed by atoms with Crippen LogP contribution in [0.2, 0.25) is 0 Å². The van der Waals surface area contributed by atoms with Gasteiger partial charge in [-0.25, -0.2) is 4.72 Å². The number of nitrogens with one attached hydrogen (secondary N) is 2. The van der Waals surface area contributed by atoms with Crippen molar-refractivity contribution in [1.82, 2.24) is 9.44 Å². The predicted octanol–water partition coefficient (Wildman–Crippen LogP) is -0.784. The molecule has 0 saturated heterocycles. The summed E-state index contributed by atoms with van der Waals surface area (Å²) >= 11 is 0. The van der Waals surface area contributed by atoms with Crippen LogP contribution in [0, 0.1) is 0 Å². The quantitative estimate of drug-likeness (QED) is 0.519. The first-order valence-electron chi connectivity index (χ1n) is 4.81. The van der Waals surface area contributed by atoms with Gasteiger partial charge in [0.05, 0.1) is 12.7 Å². The van der Waals surface area contributed by atoms with Gasteiger partial charge in [0.1, 0.15) is 0 Å². The van der Waals surface area contributed by atoms with Crippen LogP contribution in [0.5, 0.6) is 0 Å². The molecule has 0 rings (SSSR count). The minimum atomic E-state index is -3.44. The smallest absolute Gasteiger partial charge is 0.277 e. The number of methoxy groups -OCH3 is 1. The minimum Gasteiger partial charge on any atom is -0.391 e. The SMILES string of the molecule is COCC(O)CCNS(=O)(=O)NC(C)C. The summed E-state index contributed by atoms with van der Waals surface area (Å²) in [4.78, 5) is 0. The van der Waals surface area contributed by atoms with Crippen molar-refractivity contribution in [1.29, 1.82) is 0 Å². The molecule has 0 aromatic rings. The highest BCUT2D eigenvalue weighted by molar-refractivity contribution is 7.87. The van der Waals surface area contributed by atoms with Gasteiger partial charge in [0.2, 0.25) is 0 Å². The molecule has 7 heteroatoms. The maximum atomic E-state index is 11.2. The molecule has 92 valence electrons. The third-order valence-corrected chi connectivity index (χ3v) is 2.89. The Morgan fingerprint density at radius 3 is 2.47 bits per heavy atom. The van der Waals surface area contributed by atoms with Crippen molar-refractivity contribution >= 4 is 10.2 Å². The molecule has 0 aliphatic heterocycles. The van der Waals surface area contributed by atoms with E-state index in [0.29, 0.717) is 6.42 Å². The second-order valence-electron chi connectivity index (χ2n) is 3.57. The molecule has 1 unspecified atom stereocenters. The van der Waals surface area contributed by atoms with E-state index in [0.717, 1.165) is 0 Å². The monoisotopic (exact) mass is 240 g/mol. The van der Waals surface area contributed by atoms with E-state index in [9.17, 15) is 13.5 Å². The molecule has 0 radical (unpaired) electrons. The lowest BCUT2D eigenvalue weighted by molar-refractivity contribution is 0.0603. The van der Waals surface area contributed by atoms with E-state index < -0.39 is 16.3 Å². The average Bonchev–Trinajstić information content (AvgIpc) is 2.01. The number of rotatable bonds is 8. The third kappa shape index (κ3) is 8.76. The van der Waals surface area contributed by atoms with Gasteiger partial charge in [-0.1, -0.05) is 0 Å². The fourth-order valence-electron chi connectivity index (χ4n) is 0.988. The van der Waals surface area contributed by atoms with Crippen molar-refractivity contribution in [2.75, 3.05) is 20.3 Å². The van der Waals surface area contributed by atoms with E-state index in [-0.39, 0.29) is 19.2 Å². The fourth-order valence-corrected chi connectivity index (χ4v) is 2.08. The summed E-state index contributed by atoms with van der Waals surface area (Å²) in [5, 5.41) is 9.25. The fraction of sp³-hybridized carbons (Fsp3) is 1.00. The Kier molecular flexibility index (Phi) is 7.03. The first-order chi connectivity index (χ1) is 6.87. The lowest BCUT2D eigenvalue weighted by atomic mass is 10.3. The topological polar surface area (TPSA) is 87.7 Å². The van der Waals surface area contributed by atoms with Crippen molar-refractivity contribution in [2.45, 2.75) is 32.4 Å². The first kappa shape index (κ1) is 14.8. The van der Waals surface area contributed by atoms with Gasteiger partial charge >= 0.3 is 0 Å². The highest BCUT2D eigenvalue weighted by atomic mass is 32.2. The summed E-state index contributed by atoms with van der Waals surface area (Å²) in [6, 6.07) is -0.147. The highest BCUT2D eigenvalue weighted by Gasteiger charge is 2.11. The van der Waals surface area contributed by atoms with Gasteiger partial charge in [-0.3, -0.25) is 0 Å². The van der Waals surface area contributed by atoms with Crippen molar-refractivity contribution in [3.8, 4) is 0 Å². The van der Waals surface area contributed by atoms with E-state index in [4.69, 9.17) is 4.74 Å². The van der Waals surface area contributed by atoms with Gasteiger partial charge in [0.25, 0.3) is 10.2 Å². The van der Waals surface area contributed by atoms with Gasteiger partial charge in [-0.2, -0.15) is 13.1 Å². The van der Waals surface area contributed by atoms with E-state index in [2.05, 4.69) is 9.44 Å². The summed E-state index contributed by atoms with van der Waals surface area (Å²) < 4.78 is 31.9. The Hall–Kier alpha value is -0.210. The molecule has 0 aliphatic carbocycles. The van der Waals surface area contributed by atoms with Crippen molar-refractivity contribution in [3.05, 3.63) is 0 Å². The van der Waals surface area contributed by atoms with Crippen LogP contribution >= 0.6 is 0 Å².